The molecule has 8 aromatic carbocycles. The molecule has 0 amide bonds. The van der Waals surface area contributed by atoms with Gasteiger partial charge in [0.05, 0.1) is 43.8 Å². The molecule has 0 spiro atoms. The number of rotatable bonds is 12. The second-order valence-corrected chi connectivity index (χ2v) is 18.7. The number of nitrogens with zero attached hydrogens (tertiary/aromatic N) is 6. The minimum atomic E-state index is -5.04. The van der Waals surface area contributed by atoms with E-state index in [1.165, 1.54) is 54.6 Å². The third-order valence-corrected chi connectivity index (χ3v) is 12.5. The van der Waals surface area contributed by atoms with Gasteiger partial charge >= 0.3 is 5.97 Å². The number of carboxylic acids is 1. The maximum Gasteiger partial charge on any atom is 0.335 e. The van der Waals surface area contributed by atoms with Crippen LogP contribution >= 0.6 is 0 Å². The van der Waals surface area contributed by atoms with Crippen LogP contribution in [0.2, 0.25) is 0 Å². The van der Waals surface area contributed by atoms with Gasteiger partial charge in [-0.1, -0.05) is 30.3 Å². The molecular weight excluding hydrogens is 915 g/mol. The molecule has 8 aromatic rings. The Morgan fingerprint density at radius 3 is 1.55 bits per heavy atom. The third-order valence-electron chi connectivity index (χ3n) is 9.98. The molecule has 0 aliphatic rings. The minimum absolute atomic E-state index is 0.00730. The molecule has 0 saturated heterocycles. The van der Waals surface area contributed by atoms with Crippen molar-refractivity contribution in [2.45, 2.75) is 21.6 Å². The molecule has 0 radical (unpaired) electrons. The molecule has 0 aliphatic carbocycles. The number of anilines is 2. The highest BCUT2D eigenvalue weighted by atomic mass is 32.2. The first kappa shape index (κ1) is 44.7. The lowest BCUT2D eigenvalue weighted by Crippen LogP contribution is -1.99. The number of carboxylic acid groups (broad SMARTS) is 1. The number of phenolic OH excluding ortho intramolecular Hbond substituents is 1. The number of aromatic carboxylic acids is 1. The van der Waals surface area contributed by atoms with Gasteiger partial charge < -0.3 is 15.5 Å². The summed E-state index contributed by atoms with van der Waals surface area (Å²) in [6, 6.07) is 31.9. The predicted molar refractivity (Wildman–Crippen MR) is 243 cm³/mol. The third kappa shape index (κ3) is 9.49. The summed E-state index contributed by atoms with van der Waals surface area (Å²) in [5, 5.41) is 50.2. The van der Waals surface area contributed by atoms with Crippen molar-refractivity contribution in [3.63, 3.8) is 0 Å². The number of fused-ring (bicyclic) bond motifs is 3. The number of aryl methyl sites for hydroxylation is 1. The molecule has 19 nitrogen and oxygen atoms in total. The van der Waals surface area contributed by atoms with Gasteiger partial charge in [0.1, 0.15) is 10.6 Å². The molecule has 0 bridgehead atoms. The van der Waals surface area contributed by atoms with E-state index in [0.29, 0.717) is 16.6 Å². The lowest BCUT2D eigenvalue weighted by atomic mass is 10.1. The van der Waals surface area contributed by atoms with Crippen LogP contribution in [-0.4, -0.2) is 55.1 Å². The Kier molecular flexibility index (Phi) is 11.7. The van der Waals surface area contributed by atoms with Gasteiger partial charge in [0.15, 0.2) is 5.75 Å². The zero-order chi connectivity index (χ0) is 47.1. The van der Waals surface area contributed by atoms with Crippen LogP contribution in [0.15, 0.2) is 179 Å². The predicted octanol–water partition coefficient (Wildman–Crippen LogP) is 11.6. The first-order valence-corrected chi connectivity index (χ1v) is 23.3. The molecule has 0 fully saturated rings. The van der Waals surface area contributed by atoms with E-state index in [2.05, 4.69) is 36.0 Å². The molecule has 8 rings (SSSR count). The molecule has 22 heteroatoms. The summed E-state index contributed by atoms with van der Waals surface area (Å²) in [5.41, 5.74) is 1.70. The van der Waals surface area contributed by atoms with Crippen LogP contribution in [0.5, 0.6) is 5.75 Å². The van der Waals surface area contributed by atoms with E-state index in [0.717, 1.165) is 36.0 Å². The summed E-state index contributed by atoms with van der Waals surface area (Å²) in [6.45, 7) is 1.69. The van der Waals surface area contributed by atoms with Crippen molar-refractivity contribution in [2.24, 2.45) is 30.7 Å². The van der Waals surface area contributed by atoms with Crippen LogP contribution in [0.4, 0.5) is 45.5 Å². The van der Waals surface area contributed by atoms with Gasteiger partial charge in [-0.05, 0) is 121 Å². The van der Waals surface area contributed by atoms with Crippen molar-refractivity contribution < 1.29 is 53.9 Å². The van der Waals surface area contributed by atoms with Gasteiger partial charge in [0.2, 0.25) is 0 Å². The monoisotopic (exact) mass is 945 g/mol. The highest BCUT2D eigenvalue weighted by Gasteiger charge is 2.23. The van der Waals surface area contributed by atoms with E-state index in [4.69, 9.17) is 0 Å². The lowest BCUT2D eigenvalue weighted by Gasteiger charge is -2.12. The average molecular weight is 946 g/mol. The lowest BCUT2D eigenvalue weighted by molar-refractivity contribution is 0.0696. The number of phenols is 1. The van der Waals surface area contributed by atoms with Crippen molar-refractivity contribution in [1.29, 1.82) is 0 Å². The Labute approximate surface area is 374 Å². The van der Waals surface area contributed by atoms with Crippen molar-refractivity contribution in [1.82, 2.24) is 0 Å². The number of hydrogen-bond acceptors (Lipinski definition) is 15. The molecule has 0 saturated carbocycles. The van der Waals surface area contributed by atoms with E-state index < -0.39 is 62.4 Å². The summed E-state index contributed by atoms with van der Waals surface area (Å²) in [7, 11) is -14.5. The van der Waals surface area contributed by atoms with Gasteiger partial charge in [-0.25, -0.2) is 4.79 Å². The number of nitrogens with one attached hydrogen (secondary N) is 1. The van der Waals surface area contributed by atoms with Crippen LogP contribution in [0.1, 0.15) is 15.9 Å². The van der Waals surface area contributed by atoms with Crippen LogP contribution < -0.4 is 5.32 Å². The number of benzene rings is 8. The van der Waals surface area contributed by atoms with E-state index in [1.54, 1.807) is 25.1 Å². The Morgan fingerprint density at radius 1 is 0.500 bits per heavy atom. The normalized spacial score (nSPS) is 12.6. The number of para-hydroxylation sites is 1. The summed E-state index contributed by atoms with van der Waals surface area (Å²) >= 11 is 0. The van der Waals surface area contributed by atoms with Crippen molar-refractivity contribution in [3.8, 4) is 5.75 Å². The van der Waals surface area contributed by atoms with Crippen molar-refractivity contribution in [2.75, 3.05) is 5.32 Å². The fourth-order valence-corrected chi connectivity index (χ4v) is 8.61. The summed E-state index contributed by atoms with van der Waals surface area (Å²) in [6.07, 6.45) is 0. The van der Waals surface area contributed by atoms with Crippen molar-refractivity contribution >= 4 is 114 Å². The van der Waals surface area contributed by atoms with Crippen LogP contribution in [0.25, 0.3) is 32.3 Å². The largest absolute Gasteiger partial charge is 0.505 e. The Bertz CT molecular complexity index is 3770. The molecule has 0 aliphatic heterocycles. The standard InChI is InChI=1S/C44H31N7O12S3/c1-24-17-26(44(53)54)20-29(18-24)46-47-37-13-15-39(35-22-30(64(55,56)57)8-11-33(35)37)49-48-38-14-16-40(36-23-31(65(58,59)60)9-12-34(36)38)50-51-42-41(66(61,62)63)21-25-19-28(7-10-32(25)43(42)52)45-27-5-3-2-4-6-27/h2-23,45,52H,1H3,(H,53,54)(H,55,56,57)(H,58,59,60)(H,61,62,63). The maximum absolute atomic E-state index is 12.7. The Hall–Kier alpha value is -7.86. The fraction of sp³-hybridized carbons (Fsp3) is 0.0227. The van der Waals surface area contributed by atoms with E-state index in [-0.39, 0.29) is 60.9 Å². The van der Waals surface area contributed by atoms with Crippen LogP contribution in [-0.2, 0) is 30.4 Å². The number of azo groups is 3. The molecule has 332 valence electrons. The zero-order valence-electron chi connectivity index (χ0n) is 33.7. The highest BCUT2D eigenvalue weighted by molar-refractivity contribution is 7.86. The van der Waals surface area contributed by atoms with E-state index in [1.807, 2.05) is 30.3 Å². The van der Waals surface area contributed by atoms with Gasteiger partial charge in [0, 0.05) is 38.3 Å². The second kappa shape index (κ2) is 17.3. The van der Waals surface area contributed by atoms with Gasteiger partial charge in [-0.3, -0.25) is 13.7 Å². The summed E-state index contributed by atoms with van der Waals surface area (Å²) in [4.78, 5) is 9.75. The second-order valence-electron chi connectivity index (χ2n) is 14.5. The molecule has 66 heavy (non-hydrogen) atoms. The molecule has 0 heterocycles. The van der Waals surface area contributed by atoms with E-state index in [9.17, 15) is 53.9 Å². The topological polar surface area (TPSA) is 307 Å². The summed E-state index contributed by atoms with van der Waals surface area (Å²) in [5.74, 6) is -1.82. The quantitative estimate of drug-likeness (QED) is 0.0491. The highest BCUT2D eigenvalue weighted by Crippen LogP contribution is 2.44. The Morgan fingerprint density at radius 2 is 1.02 bits per heavy atom. The zero-order valence-corrected chi connectivity index (χ0v) is 36.2. The minimum Gasteiger partial charge on any atom is -0.505 e. The van der Waals surface area contributed by atoms with Crippen LogP contribution in [0, 0.1) is 6.92 Å². The number of hydrogen-bond donors (Lipinski definition) is 6. The smallest absolute Gasteiger partial charge is 0.335 e. The molecule has 0 unspecified atom stereocenters. The first-order chi connectivity index (χ1) is 31.2. The van der Waals surface area contributed by atoms with Gasteiger partial charge in [0.25, 0.3) is 30.4 Å². The molecule has 0 aromatic heterocycles. The molecule has 6 N–H and O–H groups in total. The maximum atomic E-state index is 12.7. The molecule has 0 atom stereocenters. The average Bonchev–Trinajstić information content (AvgIpc) is 3.26. The van der Waals surface area contributed by atoms with Crippen LogP contribution in [0.3, 0.4) is 0 Å². The van der Waals surface area contributed by atoms with Crippen molar-refractivity contribution in [3.05, 3.63) is 145 Å². The SMILES string of the molecule is Cc1cc(N=Nc2ccc(N=Nc3ccc(N=Nc4c(S(=O)(=O)O)cc5cc(Nc6ccccc6)ccc5c4O)c4cc(S(=O)(=O)O)ccc34)c3cc(S(=O)(=O)O)ccc23)cc(C(=O)O)c1. The molecular formula is C44H31N7O12S3. The Balaban J connectivity index is 1.21. The number of carbonyl (C=O) groups is 1. The fourth-order valence-electron chi connectivity index (χ4n) is 6.94. The van der Waals surface area contributed by atoms with Gasteiger partial charge in [-0.15, -0.1) is 25.6 Å². The van der Waals surface area contributed by atoms with E-state index >= 15 is 0 Å². The summed E-state index contributed by atoms with van der Waals surface area (Å²) < 4.78 is 104. The number of aromatic hydroxyl groups is 1. The van der Waals surface area contributed by atoms with Gasteiger partial charge in [-0.2, -0.15) is 30.4 Å². The first-order valence-electron chi connectivity index (χ1n) is 19.0.